The molecular formula is C15H13ClN2O. The van der Waals surface area contributed by atoms with Gasteiger partial charge in [-0.15, -0.1) is 0 Å². The summed E-state index contributed by atoms with van der Waals surface area (Å²) in [5.74, 6) is -0.0552. The van der Waals surface area contributed by atoms with E-state index in [0.717, 1.165) is 22.1 Å². The van der Waals surface area contributed by atoms with Crippen LogP contribution in [0.4, 0.5) is 5.69 Å². The molecule has 3 nitrogen and oxygen atoms in total. The van der Waals surface area contributed by atoms with Gasteiger partial charge in [-0.25, -0.2) is 0 Å². The summed E-state index contributed by atoms with van der Waals surface area (Å²) in [6.07, 6.45) is 2.02. The van der Waals surface area contributed by atoms with E-state index in [-0.39, 0.29) is 18.3 Å². The lowest BCUT2D eigenvalue weighted by atomic mass is 10.1. The molecule has 4 heteroatoms. The lowest BCUT2D eigenvalue weighted by Crippen LogP contribution is -3.00. The third kappa shape index (κ3) is 2.37. The number of aromatic nitrogens is 1. The quantitative estimate of drug-likeness (QED) is 0.472. The molecule has 0 aliphatic heterocycles. The lowest BCUT2D eigenvalue weighted by molar-refractivity contribution is -0.481. The normalized spacial score (nSPS) is 10.2. The van der Waals surface area contributed by atoms with Crippen LogP contribution >= 0.6 is 0 Å². The van der Waals surface area contributed by atoms with E-state index in [0.29, 0.717) is 0 Å². The molecule has 0 spiro atoms. The van der Waals surface area contributed by atoms with Crippen molar-refractivity contribution in [3.05, 3.63) is 54.7 Å². The predicted octanol–water partition coefficient (Wildman–Crippen LogP) is -0.459. The van der Waals surface area contributed by atoms with Crippen molar-refractivity contribution in [1.82, 2.24) is 0 Å². The van der Waals surface area contributed by atoms with Crippen LogP contribution in [0.1, 0.15) is 6.92 Å². The Morgan fingerprint density at radius 1 is 1.11 bits per heavy atom. The van der Waals surface area contributed by atoms with Crippen molar-refractivity contribution < 1.29 is 21.6 Å². The molecule has 0 aliphatic rings. The van der Waals surface area contributed by atoms with Gasteiger partial charge in [-0.3, -0.25) is 4.79 Å². The van der Waals surface area contributed by atoms with E-state index in [9.17, 15) is 4.79 Å². The summed E-state index contributed by atoms with van der Waals surface area (Å²) in [5, 5.41) is 3.93. The molecule has 3 rings (SSSR count). The molecule has 0 bridgehead atoms. The van der Waals surface area contributed by atoms with E-state index < -0.39 is 0 Å². The fourth-order valence-electron chi connectivity index (χ4n) is 2.22. The van der Waals surface area contributed by atoms with Crippen LogP contribution in [-0.2, 0) is 4.79 Å². The van der Waals surface area contributed by atoms with E-state index in [1.165, 1.54) is 6.92 Å². The van der Waals surface area contributed by atoms with E-state index in [1.807, 2.05) is 54.7 Å². The molecule has 0 unspecified atom stereocenters. The van der Waals surface area contributed by atoms with Crippen LogP contribution in [0.3, 0.4) is 0 Å². The van der Waals surface area contributed by atoms with Gasteiger partial charge in [0.2, 0.25) is 16.9 Å². The van der Waals surface area contributed by atoms with E-state index in [1.54, 1.807) is 0 Å². The van der Waals surface area contributed by atoms with Crippen molar-refractivity contribution in [2.45, 2.75) is 6.92 Å². The number of anilines is 1. The first-order valence-corrected chi connectivity index (χ1v) is 5.85. The smallest absolute Gasteiger partial charge is 0.221 e. The number of amides is 1. The Morgan fingerprint density at radius 2 is 1.84 bits per heavy atom. The van der Waals surface area contributed by atoms with Crippen molar-refractivity contribution >= 4 is 28.0 Å². The van der Waals surface area contributed by atoms with Crippen LogP contribution in [0.2, 0.25) is 0 Å². The Morgan fingerprint density at radius 3 is 2.63 bits per heavy atom. The number of rotatable bonds is 1. The van der Waals surface area contributed by atoms with Gasteiger partial charge in [-0.1, -0.05) is 12.1 Å². The van der Waals surface area contributed by atoms with Gasteiger partial charge < -0.3 is 17.7 Å². The number of hydrogen-bond donors (Lipinski definition) is 1. The second kappa shape index (κ2) is 5.24. The molecule has 0 aliphatic carbocycles. The Kier molecular flexibility index (Phi) is 3.67. The number of pyridine rings is 2. The molecule has 0 radical (unpaired) electrons. The largest absolute Gasteiger partial charge is 1.00 e. The highest BCUT2D eigenvalue weighted by Crippen LogP contribution is 2.22. The topological polar surface area (TPSA) is 33.2 Å². The Bertz CT molecular complexity index is 755. The summed E-state index contributed by atoms with van der Waals surface area (Å²) < 4.78 is 2.11. The van der Waals surface area contributed by atoms with Crippen LogP contribution in [-0.4, -0.2) is 5.91 Å². The summed E-state index contributed by atoms with van der Waals surface area (Å²) >= 11 is 0. The third-order valence-electron chi connectivity index (χ3n) is 2.95. The highest BCUT2D eigenvalue weighted by atomic mass is 35.5. The van der Waals surface area contributed by atoms with Crippen molar-refractivity contribution in [3.63, 3.8) is 0 Å². The molecule has 2 heterocycles. The molecule has 2 aromatic heterocycles. The summed E-state index contributed by atoms with van der Waals surface area (Å²) in [7, 11) is 0. The minimum Gasteiger partial charge on any atom is -1.00 e. The van der Waals surface area contributed by atoms with Crippen LogP contribution in [0.15, 0.2) is 54.7 Å². The van der Waals surface area contributed by atoms with Gasteiger partial charge in [0, 0.05) is 31.2 Å². The lowest BCUT2D eigenvalue weighted by Gasteiger charge is -2.05. The fraction of sp³-hybridized carbons (Fsp3) is 0.0667. The maximum atomic E-state index is 11.3. The number of carbonyl (C=O) groups is 1. The van der Waals surface area contributed by atoms with Crippen LogP contribution in [0, 0.1) is 0 Å². The molecule has 0 saturated heterocycles. The van der Waals surface area contributed by atoms with Gasteiger partial charge in [0.05, 0.1) is 11.1 Å². The number of para-hydroxylation sites is 1. The van der Waals surface area contributed by atoms with Gasteiger partial charge in [0.15, 0.2) is 6.20 Å². The Balaban J connectivity index is 0.00000133. The number of halogens is 1. The van der Waals surface area contributed by atoms with E-state index in [4.69, 9.17) is 0 Å². The first kappa shape index (κ1) is 13.3. The molecule has 1 N–H and O–H groups in total. The van der Waals surface area contributed by atoms with Crippen molar-refractivity contribution in [2.75, 3.05) is 5.32 Å². The monoisotopic (exact) mass is 272 g/mol. The minimum absolute atomic E-state index is 0. The minimum atomic E-state index is -0.0552. The molecule has 1 aromatic carbocycles. The second-order valence-corrected chi connectivity index (χ2v) is 4.25. The van der Waals surface area contributed by atoms with Gasteiger partial charge in [0.25, 0.3) is 0 Å². The fourth-order valence-corrected chi connectivity index (χ4v) is 2.22. The molecule has 19 heavy (non-hydrogen) atoms. The van der Waals surface area contributed by atoms with Gasteiger partial charge in [-0.2, -0.15) is 4.40 Å². The SMILES string of the molecule is CC(=O)Nc1cc2cccc[n+]2c2ccccc12.[Cl-]. The molecule has 1 amide bonds. The Labute approximate surface area is 117 Å². The number of fused-ring (bicyclic) bond motifs is 3. The number of carbonyl (C=O) groups excluding carboxylic acids is 1. The maximum Gasteiger partial charge on any atom is 0.221 e. The highest BCUT2D eigenvalue weighted by Gasteiger charge is 2.12. The average molecular weight is 273 g/mol. The number of benzene rings is 1. The molecule has 0 fully saturated rings. The van der Waals surface area contributed by atoms with E-state index in [2.05, 4.69) is 9.72 Å². The number of nitrogens with zero attached hydrogens (tertiary/aromatic N) is 1. The first-order valence-electron chi connectivity index (χ1n) is 5.85. The highest BCUT2D eigenvalue weighted by molar-refractivity contribution is 6.00. The van der Waals surface area contributed by atoms with E-state index >= 15 is 0 Å². The molecular weight excluding hydrogens is 260 g/mol. The molecule has 0 saturated carbocycles. The number of nitrogens with one attached hydrogen (secondary N) is 1. The van der Waals surface area contributed by atoms with Crippen LogP contribution in [0.5, 0.6) is 0 Å². The second-order valence-electron chi connectivity index (χ2n) is 4.25. The Hall–Kier alpha value is -2.13. The van der Waals surface area contributed by atoms with Crippen molar-refractivity contribution in [2.24, 2.45) is 0 Å². The average Bonchev–Trinajstić information content (AvgIpc) is 2.38. The summed E-state index contributed by atoms with van der Waals surface area (Å²) in [4.78, 5) is 11.3. The molecule has 96 valence electrons. The molecule has 0 atom stereocenters. The van der Waals surface area contributed by atoms with Gasteiger partial charge in [0.1, 0.15) is 0 Å². The summed E-state index contributed by atoms with van der Waals surface area (Å²) in [6.45, 7) is 1.52. The molecule has 3 aromatic rings. The first-order chi connectivity index (χ1) is 8.75. The van der Waals surface area contributed by atoms with Crippen LogP contribution < -0.4 is 22.1 Å². The standard InChI is InChI=1S/C15H12N2O.ClH/c1-11(18)16-14-10-12-6-4-5-9-17(12)15-8-3-2-7-13(14)15;/h2-10H,1H3;1H. The van der Waals surface area contributed by atoms with Crippen molar-refractivity contribution in [3.8, 4) is 0 Å². The summed E-state index contributed by atoms with van der Waals surface area (Å²) in [5.41, 5.74) is 2.99. The summed E-state index contributed by atoms with van der Waals surface area (Å²) in [6, 6.07) is 16.0. The maximum absolute atomic E-state index is 11.3. The zero-order valence-corrected chi connectivity index (χ0v) is 11.2. The third-order valence-corrected chi connectivity index (χ3v) is 2.95. The van der Waals surface area contributed by atoms with Crippen LogP contribution in [0.25, 0.3) is 16.4 Å². The van der Waals surface area contributed by atoms with Crippen molar-refractivity contribution in [1.29, 1.82) is 0 Å². The number of hydrogen-bond acceptors (Lipinski definition) is 1. The zero-order valence-electron chi connectivity index (χ0n) is 10.4. The predicted molar refractivity (Wildman–Crippen MR) is 71.4 cm³/mol. The van der Waals surface area contributed by atoms with Gasteiger partial charge in [-0.05, 0) is 12.1 Å². The zero-order chi connectivity index (χ0) is 12.5. The van der Waals surface area contributed by atoms with Gasteiger partial charge >= 0.3 is 0 Å².